The van der Waals surface area contributed by atoms with Crippen LogP contribution in [-0.2, 0) is 6.54 Å². The van der Waals surface area contributed by atoms with Crippen molar-refractivity contribution in [2.75, 3.05) is 38.3 Å². The molecular formula is C19H24N4O2. The van der Waals surface area contributed by atoms with Crippen LogP contribution < -0.4 is 14.4 Å². The molecular weight excluding hydrogens is 316 g/mol. The van der Waals surface area contributed by atoms with Gasteiger partial charge in [0, 0.05) is 31.9 Å². The van der Waals surface area contributed by atoms with E-state index in [-0.39, 0.29) is 0 Å². The second kappa shape index (κ2) is 7.27. The second-order valence-electron chi connectivity index (χ2n) is 6.72. The van der Waals surface area contributed by atoms with Crippen LogP contribution in [0.3, 0.4) is 0 Å². The van der Waals surface area contributed by atoms with Gasteiger partial charge in [-0.15, -0.1) is 5.10 Å². The molecule has 0 amide bonds. The Hall–Kier alpha value is -2.34. The van der Waals surface area contributed by atoms with Gasteiger partial charge in [0.25, 0.3) is 0 Å². The predicted octanol–water partition coefficient (Wildman–Crippen LogP) is 2.35. The molecule has 0 aliphatic carbocycles. The van der Waals surface area contributed by atoms with Crippen molar-refractivity contribution >= 4 is 5.82 Å². The Bertz CT molecular complexity index is 710. The highest BCUT2D eigenvalue weighted by Gasteiger charge is 2.24. The molecule has 4 rings (SSSR count). The van der Waals surface area contributed by atoms with Gasteiger partial charge >= 0.3 is 0 Å². The van der Waals surface area contributed by atoms with Gasteiger partial charge in [0.15, 0.2) is 17.3 Å². The molecule has 1 aromatic heterocycles. The van der Waals surface area contributed by atoms with Crippen molar-refractivity contribution in [2.45, 2.75) is 25.4 Å². The summed E-state index contributed by atoms with van der Waals surface area (Å²) in [7, 11) is 2.20. The van der Waals surface area contributed by atoms with Crippen LogP contribution in [0.5, 0.6) is 11.5 Å². The third kappa shape index (κ3) is 3.69. The number of hydrogen-bond donors (Lipinski definition) is 0. The first-order valence-electron chi connectivity index (χ1n) is 8.91. The van der Waals surface area contributed by atoms with E-state index < -0.39 is 0 Å². The molecule has 1 atom stereocenters. The molecule has 0 saturated carbocycles. The van der Waals surface area contributed by atoms with Gasteiger partial charge in [-0.3, -0.25) is 4.90 Å². The molecule has 0 N–H and O–H groups in total. The summed E-state index contributed by atoms with van der Waals surface area (Å²) in [4.78, 5) is 4.76. The molecule has 2 aliphatic heterocycles. The molecule has 6 nitrogen and oxygen atoms in total. The van der Waals surface area contributed by atoms with Crippen LogP contribution in [0.15, 0.2) is 36.5 Å². The molecule has 6 heteroatoms. The maximum atomic E-state index is 5.70. The minimum absolute atomic E-state index is 0.504. The lowest BCUT2D eigenvalue weighted by Crippen LogP contribution is -2.46. The summed E-state index contributed by atoms with van der Waals surface area (Å²) in [5, 5.41) is 8.26. The van der Waals surface area contributed by atoms with E-state index in [1.165, 1.54) is 18.4 Å². The molecule has 0 spiro atoms. The molecule has 0 bridgehead atoms. The van der Waals surface area contributed by atoms with E-state index in [1.807, 2.05) is 18.2 Å². The first-order valence-corrected chi connectivity index (χ1v) is 8.91. The van der Waals surface area contributed by atoms with Crippen LogP contribution in [0.2, 0.25) is 0 Å². The fourth-order valence-electron chi connectivity index (χ4n) is 3.59. The van der Waals surface area contributed by atoms with E-state index in [4.69, 9.17) is 9.47 Å². The molecule has 2 aromatic rings. The Balaban J connectivity index is 1.41. The number of nitrogens with zero attached hydrogens (tertiary/aromatic N) is 4. The fraction of sp³-hybridized carbons (Fsp3) is 0.474. The van der Waals surface area contributed by atoms with E-state index in [1.54, 1.807) is 6.20 Å². The smallest absolute Gasteiger partial charge is 0.161 e. The van der Waals surface area contributed by atoms with Gasteiger partial charge < -0.3 is 14.4 Å². The summed E-state index contributed by atoms with van der Waals surface area (Å²) < 4.78 is 11.3. The van der Waals surface area contributed by atoms with Gasteiger partial charge in [0.05, 0.1) is 0 Å². The number of hydrogen-bond acceptors (Lipinski definition) is 6. The van der Waals surface area contributed by atoms with Crippen molar-refractivity contribution in [2.24, 2.45) is 0 Å². The highest BCUT2D eigenvalue weighted by atomic mass is 16.6. The highest BCUT2D eigenvalue weighted by molar-refractivity contribution is 5.44. The van der Waals surface area contributed by atoms with Crippen LogP contribution in [0.25, 0.3) is 0 Å². The monoisotopic (exact) mass is 340 g/mol. The lowest BCUT2D eigenvalue weighted by Gasteiger charge is -2.38. The Kier molecular flexibility index (Phi) is 4.70. The molecule has 0 radical (unpaired) electrons. The molecule has 132 valence electrons. The molecule has 2 aliphatic rings. The van der Waals surface area contributed by atoms with Crippen molar-refractivity contribution in [1.82, 2.24) is 15.1 Å². The zero-order valence-electron chi connectivity index (χ0n) is 14.6. The SMILES string of the molecule is CN(Cc1ccc2c(c1)OCCO2)C1CCCN(c2cccnn2)C1. The van der Waals surface area contributed by atoms with Gasteiger partial charge in [-0.05, 0) is 49.7 Å². The Labute approximate surface area is 148 Å². The predicted molar refractivity (Wildman–Crippen MR) is 96.2 cm³/mol. The quantitative estimate of drug-likeness (QED) is 0.852. The zero-order chi connectivity index (χ0) is 17.1. The average Bonchev–Trinajstić information content (AvgIpc) is 2.69. The van der Waals surface area contributed by atoms with E-state index in [0.717, 1.165) is 37.0 Å². The lowest BCUT2D eigenvalue weighted by molar-refractivity contribution is 0.170. The minimum atomic E-state index is 0.504. The maximum absolute atomic E-state index is 5.70. The average molecular weight is 340 g/mol. The van der Waals surface area contributed by atoms with Crippen LogP contribution in [0, 0.1) is 0 Å². The number of rotatable bonds is 4. The van der Waals surface area contributed by atoms with E-state index >= 15 is 0 Å². The first kappa shape index (κ1) is 16.1. The molecule has 25 heavy (non-hydrogen) atoms. The van der Waals surface area contributed by atoms with Crippen molar-refractivity contribution in [3.05, 3.63) is 42.1 Å². The number of piperidine rings is 1. The number of fused-ring (bicyclic) bond motifs is 1. The Morgan fingerprint density at radius 1 is 1.20 bits per heavy atom. The zero-order valence-corrected chi connectivity index (χ0v) is 14.6. The summed E-state index contributed by atoms with van der Waals surface area (Å²) in [5.41, 5.74) is 1.25. The molecule has 1 aromatic carbocycles. The number of anilines is 1. The van der Waals surface area contributed by atoms with Gasteiger partial charge in [0.2, 0.25) is 0 Å². The number of aromatic nitrogens is 2. The topological polar surface area (TPSA) is 50.7 Å². The number of benzene rings is 1. The summed E-state index contributed by atoms with van der Waals surface area (Å²) >= 11 is 0. The van der Waals surface area contributed by atoms with Crippen molar-refractivity contribution in [1.29, 1.82) is 0 Å². The van der Waals surface area contributed by atoms with Gasteiger partial charge in [0.1, 0.15) is 13.2 Å². The van der Waals surface area contributed by atoms with E-state index in [9.17, 15) is 0 Å². The van der Waals surface area contributed by atoms with Crippen molar-refractivity contribution < 1.29 is 9.47 Å². The van der Waals surface area contributed by atoms with E-state index in [0.29, 0.717) is 19.3 Å². The summed E-state index contributed by atoms with van der Waals surface area (Å²) in [5.74, 6) is 2.69. The minimum Gasteiger partial charge on any atom is -0.486 e. The number of likely N-dealkylation sites (N-methyl/N-ethyl adjacent to an activating group) is 1. The standard InChI is InChI=1S/C19H24N4O2/c1-22(13-15-6-7-17-18(12-15)25-11-10-24-17)16-4-3-9-23(14-16)19-5-2-8-20-21-19/h2,5-8,12,16H,3-4,9-11,13-14H2,1H3. The third-order valence-corrected chi connectivity index (χ3v) is 4.94. The summed E-state index contributed by atoms with van der Waals surface area (Å²) in [6.45, 7) is 4.19. The van der Waals surface area contributed by atoms with Crippen LogP contribution >= 0.6 is 0 Å². The van der Waals surface area contributed by atoms with Gasteiger partial charge in [-0.25, -0.2) is 0 Å². The van der Waals surface area contributed by atoms with E-state index in [2.05, 4.69) is 39.2 Å². The van der Waals surface area contributed by atoms with Gasteiger partial charge in [-0.1, -0.05) is 6.07 Å². The second-order valence-corrected chi connectivity index (χ2v) is 6.72. The fourth-order valence-corrected chi connectivity index (χ4v) is 3.59. The summed E-state index contributed by atoms with van der Waals surface area (Å²) in [6.07, 6.45) is 4.10. The number of ether oxygens (including phenoxy) is 2. The molecule has 1 saturated heterocycles. The normalized spacial score (nSPS) is 19.9. The third-order valence-electron chi connectivity index (χ3n) is 4.94. The maximum Gasteiger partial charge on any atom is 0.161 e. The molecule has 1 fully saturated rings. The first-order chi connectivity index (χ1) is 12.3. The Morgan fingerprint density at radius 2 is 2.08 bits per heavy atom. The molecule has 3 heterocycles. The van der Waals surface area contributed by atoms with Crippen molar-refractivity contribution in [3.63, 3.8) is 0 Å². The van der Waals surface area contributed by atoms with Crippen LogP contribution in [-0.4, -0.2) is 54.5 Å². The molecule has 1 unspecified atom stereocenters. The largest absolute Gasteiger partial charge is 0.486 e. The highest BCUT2D eigenvalue weighted by Crippen LogP contribution is 2.31. The Morgan fingerprint density at radius 3 is 2.92 bits per heavy atom. The van der Waals surface area contributed by atoms with Crippen LogP contribution in [0.4, 0.5) is 5.82 Å². The van der Waals surface area contributed by atoms with Crippen LogP contribution in [0.1, 0.15) is 18.4 Å². The van der Waals surface area contributed by atoms with Crippen molar-refractivity contribution in [3.8, 4) is 11.5 Å². The lowest BCUT2D eigenvalue weighted by atomic mass is 10.0. The summed E-state index contributed by atoms with van der Waals surface area (Å²) in [6, 6.07) is 10.7. The van der Waals surface area contributed by atoms with Gasteiger partial charge in [-0.2, -0.15) is 5.10 Å².